The van der Waals surface area contributed by atoms with Crippen LogP contribution in [0.1, 0.15) is 37.6 Å². The summed E-state index contributed by atoms with van der Waals surface area (Å²) < 4.78 is 35.1. The highest BCUT2D eigenvalue weighted by molar-refractivity contribution is 7.98. The largest absolute Gasteiger partial charge is 0.427 e. The Kier molecular flexibility index (Phi) is 7.28. The first-order chi connectivity index (χ1) is 16.7. The van der Waals surface area contributed by atoms with Crippen LogP contribution in [-0.2, 0) is 16.0 Å². The van der Waals surface area contributed by atoms with Crippen molar-refractivity contribution in [2.75, 3.05) is 0 Å². The number of halogens is 3. The highest BCUT2D eigenvalue weighted by Gasteiger charge is 2.30. The summed E-state index contributed by atoms with van der Waals surface area (Å²) in [6.07, 6.45) is 1.77. The molecule has 1 aromatic heterocycles. The van der Waals surface area contributed by atoms with Crippen LogP contribution in [0.5, 0.6) is 5.75 Å². The third kappa shape index (κ3) is 5.41. The number of aromatic nitrogens is 2. The van der Waals surface area contributed by atoms with Gasteiger partial charge in [0, 0.05) is 34.4 Å². The van der Waals surface area contributed by atoms with E-state index in [1.54, 1.807) is 42.6 Å². The molecule has 180 valence electrons. The van der Waals surface area contributed by atoms with E-state index >= 15 is 0 Å². The molecule has 0 atom stereocenters. The van der Waals surface area contributed by atoms with Gasteiger partial charge < -0.3 is 4.74 Å². The van der Waals surface area contributed by atoms with Gasteiger partial charge in [-0.1, -0.05) is 55.4 Å². The SMILES string of the molecule is CC(=O)Oc1ccc(C(C)(C)c2cnc(SCc3c(F)cccc3Cl)n2-c2ccc(F)cc2)cc1. The number of imidazole rings is 1. The predicted molar refractivity (Wildman–Crippen MR) is 134 cm³/mol. The summed E-state index contributed by atoms with van der Waals surface area (Å²) in [5.74, 6) is -0.368. The van der Waals surface area contributed by atoms with Gasteiger partial charge in [0.2, 0.25) is 0 Å². The van der Waals surface area contributed by atoms with Gasteiger partial charge in [0.15, 0.2) is 5.16 Å². The van der Waals surface area contributed by atoms with Crippen LogP contribution in [0, 0.1) is 11.6 Å². The molecule has 0 amide bonds. The smallest absolute Gasteiger partial charge is 0.308 e. The second-order valence-electron chi connectivity index (χ2n) is 8.47. The van der Waals surface area contributed by atoms with Crippen LogP contribution in [0.3, 0.4) is 0 Å². The lowest BCUT2D eigenvalue weighted by molar-refractivity contribution is -0.131. The molecule has 0 unspecified atom stereocenters. The monoisotopic (exact) mass is 512 g/mol. The second-order valence-corrected chi connectivity index (χ2v) is 9.82. The van der Waals surface area contributed by atoms with E-state index in [2.05, 4.69) is 4.98 Å². The number of carbonyl (C=O) groups is 1. The molecule has 0 fully saturated rings. The fraction of sp³-hybridized carbons (Fsp3) is 0.185. The van der Waals surface area contributed by atoms with Crippen molar-refractivity contribution in [1.82, 2.24) is 9.55 Å². The number of rotatable bonds is 7. The zero-order valence-corrected chi connectivity index (χ0v) is 21.0. The lowest BCUT2D eigenvalue weighted by Crippen LogP contribution is -2.23. The van der Waals surface area contributed by atoms with E-state index in [0.29, 0.717) is 21.5 Å². The van der Waals surface area contributed by atoms with E-state index in [4.69, 9.17) is 16.3 Å². The Morgan fingerprint density at radius 1 is 1.06 bits per heavy atom. The Morgan fingerprint density at radius 3 is 2.37 bits per heavy atom. The fourth-order valence-corrected chi connectivity index (χ4v) is 5.11. The van der Waals surface area contributed by atoms with Crippen molar-refractivity contribution in [2.24, 2.45) is 0 Å². The van der Waals surface area contributed by atoms with Gasteiger partial charge >= 0.3 is 5.97 Å². The quantitative estimate of drug-likeness (QED) is 0.147. The topological polar surface area (TPSA) is 44.1 Å². The van der Waals surface area contributed by atoms with Crippen molar-refractivity contribution >= 4 is 29.3 Å². The zero-order valence-electron chi connectivity index (χ0n) is 19.4. The zero-order chi connectivity index (χ0) is 25.2. The summed E-state index contributed by atoms with van der Waals surface area (Å²) in [5.41, 5.74) is 2.42. The fourth-order valence-electron chi connectivity index (χ4n) is 3.78. The van der Waals surface area contributed by atoms with Crippen LogP contribution < -0.4 is 4.74 Å². The van der Waals surface area contributed by atoms with Gasteiger partial charge in [0.05, 0.1) is 11.9 Å². The second kappa shape index (κ2) is 10.2. The average molecular weight is 513 g/mol. The molecule has 4 rings (SSSR count). The van der Waals surface area contributed by atoms with Crippen LogP contribution in [-0.4, -0.2) is 15.5 Å². The molecule has 0 aliphatic carbocycles. The van der Waals surface area contributed by atoms with Crippen LogP contribution in [0.15, 0.2) is 78.1 Å². The highest BCUT2D eigenvalue weighted by Crippen LogP contribution is 2.38. The number of hydrogen-bond donors (Lipinski definition) is 0. The summed E-state index contributed by atoms with van der Waals surface area (Å²) in [6.45, 7) is 5.45. The number of nitrogens with zero attached hydrogens (tertiary/aromatic N) is 2. The molecule has 4 nitrogen and oxygen atoms in total. The first kappa shape index (κ1) is 24.9. The molecule has 35 heavy (non-hydrogen) atoms. The molecule has 1 heterocycles. The number of benzene rings is 3. The van der Waals surface area contributed by atoms with Gasteiger partial charge in [0.25, 0.3) is 0 Å². The molecule has 0 aliphatic heterocycles. The first-order valence-electron chi connectivity index (χ1n) is 10.9. The van der Waals surface area contributed by atoms with Crippen LogP contribution in [0.2, 0.25) is 5.02 Å². The van der Waals surface area contributed by atoms with Crippen molar-refractivity contribution in [3.8, 4) is 11.4 Å². The average Bonchev–Trinajstić information content (AvgIpc) is 3.24. The molecular weight excluding hydrogens is 490 g/mol. The Bertz CT molecular complexity index is 1330. The van der Waals surface area contributed by atoms with Crippen LogP contribution >= 0.6 is 23.4 Å². The number of hydrogen-bond acceptors (Lipinski definition) is 4. The van der Waals surface area contributed by atoms with Crippen LogP contribution in [0.4, 0.5) is 8.78 Å². The van der Waals surface area contributed by atoms with E-state index in [-0.39, 0.29) is 23.4 Å². The van der Waals surface area contributed by atoms with Crippen LogP contribution in [0.25, 0.3) is 5.69 Å². The normalized spacial score (nSPS) is 11.5. The van der Waals surface area contributed by atoms with Gasteiger partial charge in [0.1, 0.15) is 17.4 Å². The van der Waals surface area contributed by atoms with Crippen molar-refractivity contribution in [3.63, 3.8) is 0 Å². The van der Waals surface area contributed by atoms with Gasteiger partial charge in [-0.25, -0.2) is 13.8 Å². The third-order valence-electron chi connectivity index (χ3n) is 5.70. The summed E-state index contributed by atoms with van der Waals surface area (Å²) in [7, 11) is 0. The Balaban J connectivity index is 1.74. The minimum atomic E-state index is -0.523. The lowest BCUT2D eigenvalue weighted by atomic mass is 9.81. The number of esters is 1. The molecular formula is C27H23ClF2N2O2S. The van der Waals surface area contributed by atoms with Gasteiger partial charge in [-0.2, -0.15) is 0 Å². The van der Waals surface area contributed by atoms with Gasteiger partial charge in [-0.3, -0.25) is 9.36 Å². The minimum absolute atomic E-state index is 0.278. The Hall–Kier alpha value is -3.16. The summed E-state index contributed by atoms with van der Waals surface area (Å²) in [4.78, 5) is 15.9. The summed E-state index contributed by atoms with van der Waals surface area (Å²) in [5, 5.41) is 0.973. The number of thioether (sulfide) groups is 1. The maximum absolute atomic E-state index is 14.4. The molecule has 0 saturated heterocycles. The van der Waals surface area contributed by atoms with Gasteiger partial charge in [-0.15, -0.1) is 0 Å². The van der Waals surface area contributed by atoms with Crippen molar-refractivity contribution in [1.29, 1.82) is 0 Å². The van der Waals surface area contributed by atoms with E-state index in [0.717, 1.165) is 16.9 Å². The maximum Gasteiger partial charge on any atom is 0.308 e. The van der Waals surface area contributed by atoms with E-state index < -0.39 is 5.41 Å². The molecule has 0 spiro atoms. The van der Waals surface area contributed by atoms with Crippen molar-refractivity contribution < 1.29 is 18.3 Å². The summed E-state index contributed by atoms with van der Waals surface area (Å²) >= 11 is 7.56. The van der Waals surface area contributed by atoms with Gasteiger partial charge in [-0.05, 0) is 54.1 Å². The predicted octanol–water partition coefficient (Wildman–Crippen LogP) is 7.35. The molecule has 4 aromatic rings. The molecule has 3 aromatic carbocycles. The maximum atomic E-state index is 14.4. The molecule has 0 saturated carbocycles. The highest BCUT2D eigenvalue weighted by atomic mass is 35.5. The lowest BCUT2D eigenvalue weighted by Gasteiger charge is -2.27. The van der Waals surface area contributed by atoms with E-state index in [9.17, 15) is 13.6 Å². The van der Waals surface area contributed by atoms with Crippen molar-refractivity contribution in [3.05, 3.63) is 106 Å². The molecule has 8 heteroatoms. The standard InChI is InChI=1S/C27H23ClF2N2O2S/c1-17(33)34-21-13-7-18(8-14-21)27(2,3)25-15-31-26(32(25)20-11-9-19(29)10-12-20)35-16-22-23(28)5-4-6-24(22)30/h4-15H,16H2,1-3H3. The summed E-state index contributed by atoms with van der Waals surface area (Å²) in [6, 6.07) is 18.0. The third-order valence-corrected chi connectivity index (χ3v) is 7.03. The molecule has 0 radical (unpaired) electrons. The van der Waals surface area contributed by atoms with E-state index in [1.807, 2.05) is 30.5 Å². The molecule has 0 N–H and O–H groups in total. The minimum Gasteiger partial charge on any atom is -0.427 e. The number of ether oxygens (including phenoxy) is 1. The number of carbonyl (C=O) groups excluding carboxylic acids is 1. The molecule has 0 aliphatic rings. The van der Waals surface area contributed by atoms with Crippen molar-refractivity contribution in [2.45, 2.75) is 37.1 Å². The Morgan fingerprint density at radius 2 is 1.74 bits per heavy atom. The first-order valence-corrected chi connectivity index (χ1v) is 12.2. The molecule has 0 bridgehead atoms. The Labute approximate surface area is 211 Å². The van der Waals surface area contributed by atoms with E-state index in [1.165, 1.54) is 36.9 Å².